The largest absolute Gasteiger partial charge is 0.331 e. The van der Waals surface area contributed by atoms with Crippen LogP contribution in [0.25, 0.3) is 0 Å². The number of halogens is 1. The number of hydrogen-bond donors (Lipinski definition) is 1. The summed E-state index contributed by atoms with van der Waals surface area (Å²) in [4.78, 5) is 13.9. The summed E-state index contributed by atoms with van der Waals surface area (Å²) in [5, 5.41) is 12.5. The molecule has 23 heavy (non-hydrogen) atoms. The van der Waals surface area contributed by atoms with Crippen LogP contribution >= 0.6 is 11.6 Å². The number of benzene rings is 2. The summed E-state index contributed by atoms with van der Waals surface area (Å²) < 4.78 is 0. The van der Waals surface area contributed by atoms with Crippen molar-refractivity contribution in [1.29, 1.82) is 5.26 Å². The lowest BCUT2D eigenvalue weighted by molar-refractivity contribution is 0.203. The molecule has 0 spiro atoms. The van der Waals surface area contributed by atoms with Gasteiger partial charge in [0.15, 0.2) is 0 Å². The second-order valence-electron chi connectivity index (χ2n) is 5.36. The van der Waals surface area contributed by atoms with E-state index in [0.29, 0.717) is 17.1 Å². The molecule has 0 aliphatic rings. The molecule has 0 saturated carbocycles. The quantitative estimate of drug-likeness (QED) is 0.918. The van der Waals surface area contributed by atoms with Gasteiger partial charge in [0.05, 0.1) is 17.7 Å². The first-order chi connectivity index (χ1) is 11.0. The van der Waals surface area contributed by atoms with E-state index in [1.54, 1.807) is 30.1 Å². The van der Waals surface area contributed by atoms with E-state index in [-0.39, 0.29) is 12.1 Å². The molecule has 2 amide bonds. The van der Waals surface area contributed by atoms with E-state index in [4.69, 9.17) is 16.9 Å². The molecule has 0 aliphatic heterocycles. The van der Waals surface area contributed by atoms with E-state index in [0.717, 1.165) is 11.1 Å². The Morgan fingerprint density at radius 3 is 2.74 bits per heavy atom. The van der Waals surface area contributed by atoms with Crippen molar-refractivity contribution < 1.29 is 4.79 Å². The minimum absolute atomic E-state index is 0.191. The number of rotatable bonds is 4. The molecule has 0 fully saturated rings. The van der Waals surface area contributed by atoms with Crippen LogP contribution in [-0.4, -0.2) is 18.0 Å². The molecule has 1 unspecified atom stereocenters. The fourth-order valence-electron chi connectivity index (χ4n) is 2.28. The van der Waals surface area contributed by atoms with Crippen LogP contribution in [0.1, 0.15) is 29.7 Å². The average molecular weight is 328 g/mol. The van der Waals surface area contributed by atoms with Crippen molar-refractivity contribution in [3.63, 3.8) is 0 Å². The second-order valence-corrected chi connectivity index (χ2v) is 5.77. The van der Waals surface area contributed by atoms with Crippen LogP contribution in [0, 0.1) is 11.3 Å². The molecule has 2 rings (SSSR count). The van der Waals surface area contributed by atoms with Crippen molar-refractivity contribution in [3.8, 4) is 6.07 Å². The molecule has 0 radical (unpaired) electrons. The SMILES string of the molecule is CC(NC(=O)N(C)Cc1cccc(C#N)c1)c1ccccc1Cl. The summed E-state index contributed by atoms with van der Waals surface area (Å²) in [5.41, 5.74) is 2.37. The number of amides is 2. The fraction of sp³-hybridized carbons (Fsp3) is 0.222. The zero-order chi connectivity index (χ0) is 16.8. The molecule has 0 heterocycles. The number of hydrogen-bond acceptors (Lipinski definition) is 2. The average Bonchev–Trinajstić information content (AvgIpc) is 2.55. The molecule has 118 valence electrons. The Kier molecular flexibility index (Phi) is 5.61. The van der Waals surface area contributed by atoms with Crippen molar-refractivity contribution in [2.45, 2.75) is 19.5 Å². The van der Waals surface area contributed by atoms with Crippen LogP contribution in [0.4, 0.5) is 4.79 Å². The van der Waals surface area contributed by atoms with E-state index in [2.05, 4.69) is 11.4 Å². The van der Waals surface area contributed by atoms with Gasteiger partial charge in [0.1, 0.15) is 0 Å². The third-order valence-corrected chi connectivity index (χ3v) is 3.88. The molecule has 2 aromatic rings. The van der Waals surface area contributed by atoms with Gasteiger partial charge in [-0.15, -0.1) is 0 Å². The Labute approximate surface area is 141 Å². The van der Waals surface area contributed by atoms with Gasteiger partial charge >= 0.3 is 6.03 Å². The number of carbonyl (C=O) groups excluding carboxylic acids is 1. The maximum Gasteiger partial charge on any atom is 0.317 e. The highest BCUT2D eigenvalue weighted by Gasteiger charge is 2.15. The minimum Gasteiger partial charge on any atom is -0.331 e. The van der Waals surface area contributed by atoms with Gasteiger partial charge < -0.3 is 10.2 Å². The number of nitrogens with one attached hydrogen (secondary N) is 1. The monoisotopic (exact) mass is 327 g/mol. The van der Waals surface area contributed by atoms with Gasteiger partial charge in [-0.05, 0) is 36.2 Å². The zero-order valence-electron chi connectivity index (χ0n) is 13.1. The number of urea groups is 1. The van der Waals surface area contributed by atoms with Crippen LogP contribution < -0.4 is 5.32 Å². The summed E-state index contributed by atoms with van der Waals surface area (Å²) in [7, 11) is 1.72. The van der Waals surface area contributed by atoms with Crippen molar-refractivity contribution in [3.05, 3.63) is 70.2 Å². The van der Waals surface area contributed by atoms with Gasteiger partial charge in [0, 0.05) is 18.6 Å². The lowest BCUT2D eigenvalue weighted by Gasteiger charge is -2.22. The molecule has 0 aliphatic carbocycles. The summed E-state index contributed by atoms with van der Waals surface area (Å²) in [6.45, 7) is 2.32. The second kappa shape index (κ2) is 7.66. The van der Waals surface area contributed by atoms with Gasteiger partial charge in [0.2, 0.25) is 0 Å². The summed E-state index contributed by atoms with van der Waals surface area (Å²) in [5.74, 6) is 0. The molecule has 0 aromatic heterocycles. The first-order valence-corrected chi connectivity index (χ1v) is 7.64. The summed E-state index contributed by atoms with van der Waals surface area (Å²) >= 11 is 6.15. The first kappa shape index (κ1) is 16.9. The minimum atomic E-state index is -0.195. The van der Waals surface area contributed by atoms with Crippen molar-refractivity contribution in [1.82, 2.24) is 10.2 Å². The Bertz CT molecular complexity index is 739. The van der Waals surface area contributed by atoms with Crippen LogP contribution in [0.2, 0.25) is 5.02 Å². The van der Waals surface area contributed by atoms with Crippen molar-refractivity contribution in [2.24, 2.45) is 0 Å². The lowest BCUT2D eigenvalue weighted by atomic mass is 10.1. The first-order valence-electron chi connectivity index (χ1n) is 7.26. The normalized spacial score (nSPS) is 11.4. The summed E-state index contributed by atoms with van der Waals surface area (Å²) in [6.07, 6.45) is 0. The van der Waals surface area contributed by atoms with Gasteiger partial charge in [-0.1, -0.05) is 41.9 Å². The molecule has 1 N–H and O–H groups in total. The Morgan fingerprint density at radius 1 is 1.30 bits per heavy atom. The highest BCUT2D eigenvalue weighted by molar-refractivity contribution is 6.31. The fourth-order valence-corrected chi connectivity index (χ4v) is 2.58. The third-order valence-electron chi connectivity index (χ3n) is 3.53. The van der Waals surface area contributed by atoms with E-state index < -0.39 is 0 Å². The number of nitrogens with zero attached hydrogens (tertiary/aromatic N) is 2. The molecular weight excluding hydrogens is 310 g/mol. The predicted molar refractivity (Wildman–Crippen MR) is 91.0 cm³/mol. The van der Waals surface area contributed by atoms with Gasteiger partial charge in [-0.25, -0.2) is 4.79 Å². The molecule has 4 nitrogen and oxygen atoms in total. The van der Waals surface area contributed by atoms with Crippen molar-refractivity contribution in [2.75, 3.05) is 7.05 Å². The van der Waals surface area contributed by atoms with E-state index >= 15 is 0 Å². The van der Waals surface area contributed by atoms with Crippen LogP contribution in [0.15, 0.2) is 48.5 Å². The lowest BCUT2D eigenvalue weighted by Crippen LogP contribution is -2.38. The van der Waals surface area contributed by atoms with Crippen LogP contribution in [0.5, 0.6) is 0 Å². The summed E-state index contributed by atoms with van der Waals surface area (Å²) in [6, 6.07) is 16.4. The standard InChI is InChI=1S/C18H18ClN3O/c1-13(16-8-3-4-9-17(16)19)21-18(23)22(2)12-15-7-5-6-14(10-15)11-20/h3-10,13H,12H2,1-2H3,(H,21,23). The topological polar surface area (TPSA) is 56.1 Å². The highest BCUT2D eigenvalue weighted by atomic mass is 35.5. The Balaban J connectivity index is 2.00. The zero-order valence-corrected chi connectivity index (χ0v) is 13.8. The smallest absolute Gasteiger partial charge is 0.317 e. The van der Waals surface area contributed by atoms with Crippen LogP contribution in [-0.2, 0) is 6.54 Å². The molecule has 2 aromatic carbocycles. The Morgan fingerprint density at radius 2 is 2.04 bits per heavy atom. The van der Waals surface area contributed by atoms with Crippen LogP contribution in [0.3, 0.4) is 0 Å². The molecule has 0 saturated heterocycles. The van der Waals surface area contributed by atoms with Crippen molar-refractivity contribution >= 4 is 17.6 Å². The molecule has 1 atom stereocenters. The predicted octanol–water partition coefficient (Wildman–Crippen LogP) is 4.11. The highest BCUT2D eigenvalue weighted by Crippen LogP contribution is 2.22. The molecular formula is C18H18ClN3O. The third kappa shape index (κ3) is 4.48. The van der Waals surface area contributed by atoms with Gasteiger partial charge in [0.25, 0.3) is 0 Å². The van der Waals surface area contributed by atoms with Gasteiger partial charge in [-0.3, -0.25) is 0 Å². The molecule has 0 bridgehead atoms. The maximum atomic E-state index is 12.3. The Hall–Kier alpha value is -2.51. The van der Waals surface area contributed by atoms with E-state index in [1.165, 1.54) is 0 Å². The maximum absolute atomic E-state index is 12.3. The van der Waals surface area contributed by atoms with E-state index in [1.807, 2.05) is 37.3 Å². The van der Waals surface area contributed by atoms with Gasteiger partial charge in [-0.2, -0.15) is 5.26 Å². The van der Waals surface area contributed by atoms with E-state index in [9.17, 15) is 4.79 Å². The molecule has 5 heteroatoms. The number of carbonyl (C=O) groups is 1. The number of nitriles is 1.